The number of hydrogen-bond acceptors (Lipinski definition) is 2. The van der Waals surface area contributed by atoms with Crippen LogP contribution in [0, 0.1) is 6.92 Å². The van der Waals surface area contributed by atoms with E-state index in [0.29, 0.717) is 5.02 Å². The average molecular weight is 253 g/mol. The molecule has 2 rings (SSSR count). The second-order valence-electron chi connectivity index (χ2n) is 3.39. The quantitative estimate of drug-likeness (QED) is 0.875. The Kier molecular flexibility index (Phi) is 2.99. The lowest BCUT2D eigenvalue weighted by Gasteiger charge is -2.06. The zero-order chi connectivity index (χ0) is 11.7. The second-order valence-corrected chi connectivity index (χ2v) is 4.94. The van der Waals surface area contributed by atoms with Crippen LogP contribution in [0.4, 0.5) is 0 Å². The number of hydrogen-bond donors (Lipinski definition) is 1. The number of carboxylic acid groups (broad SMARTS) is 1. The summed E-state index contributed by atoms with van der Waals surface area (Å²) >= 11 is 7.40. The Morgan fingerprint density at radius 3 is 2.62 bits per heavy atom. The fraction of sp³-hybridized carbons (Fsp3) is 0.0833. The van der Waals surface area contributed by atoms with E-state index in [9.17, 15) is 4.79 Å². The van der Waals surface area contributed by atoms with Gasteiger partial charge >= 0.3 is 5.97 Å². The Bertz CT molecular complexity index is 546. The minimum absolute atomic E-state index is 0.244. The summed E-state index contributed by atoms with van der Waals surface area (Å²) in [6.45, 7) is 1.97. The minimum Gasteiger partial charge on any atom is -0.478 e. The molecule has 82 valence electrons. The summed E-state index contributed by atoms with van der Waals surface area (Å²) in [5.74, 6) is -0.955. The maximum absolute atomic E-state index is 11.1. The molecule has 2 nitrogen and oxygen atoms in total. The first-order chi connectivity index (χ1) is 7.59. The van der Waals surface area contributed by atoms with E-state index in [2.05, 4.69) is 0 Å². The van der Waals surface area contributed by atoms with Crippen LogP contribution in [0.2, 0.25) is 5.02 Å². The predicted octanol–water partition coefficient (Wildman–Crippen LogP) is 4.08. The highest BCUT2D eigenvalue weighted by molar-refractivity contribution is 7.10. The molecule has 2 aromatic rings. The lowest BCUT2D eigenvalue weighted by atomic mass is 10.0. The van der Waals surface area contributed by atoms with E-state index < -0.39 is 5.97 Å². The van der Waals surface area contributed by atoms with Crippen LogP contribution in [0.25, 0.3) is 11.1 Å². The zero-order valence-electron chi connectivity index (χ0n) is 8.53. The van der Waals surface area contributed by atoms with Gasteiger partial charge in [-0.2, -0.15) is 0 Å². The first kappa shape index (κ1) is 11.2. The summed E-state index contributed by atoms with van der Waals surface area (Å²) in [6.07, 6.45) is 0. The van der Waals surface area contributed by atoms with Crippen molar-refractivity contribution in [1.29, 1.82) is 0 Å². The van der Waals surface area contributed by atoms with Gasteiger partial charge in [-0.15, -0.1) is 11.3 Å². The fourth-order valence-corrected chi connectivity index (χ4v) is 2.48. The van der Waals surface area contributed by atoms with E-state index in [-0.39, 0.29) is 5.56 Å². The van der Waals surface area contributed by atoms with Crippen LogP contribution >= 0.6 is 22.9 Å². The van der Waals surface area contributed by atoms with Gasteiger partial charge < -0.3 is 5.11 Å². The van der Waals surface area contributed by atoms with Crippen molar-refractivity contribution in [1.82, 2.24) is 0 Å². The maximum Gasteiger partial charge on any atom is 0.336 e. The van der Waals surface area contributed by atoms with Gasteiger partial charge in [0.2, 0.25) is 0 Å². The van der Waals surface area contributed by atoms with E-state index in [1.54, 1.807) is 23.5 Å². The van der Waals surface area contributed by atoms with Gasteiger partial charge in [0.25, 0.3) is 0 Å². The smallest absolute Gasteiger partial charge is 0.336 e. The number of carboxylic acids is 1. The third-order valence-corrected chi connectivity index (χ3v) is 3.44. The summed E-state index contributed by atoms with van der Waals surface area (Å²) < 4.78 is 0. The van der Waals surface area contributed by atoms with Gasteiger partial charge in [-0.1, -0.05) is 17.7 Å². The van der Waals surface area contributed by atoms with Gasteiger partial charge in [-0.05, 0) is 41.6 Å². The summed E-state index contributed by atoms with van der Waals surface area (Å²) in [5.41, 5.74) is 1.92. The summed E-state index contributed by atoms with van der Waals surface area (Å²) in [5, 5.41) is 11.5. The molecule has 0 spiro atoms. The van der Waals surface area contributed by atoms with Gasteiger partial charge in [0.05, 0.1) is 5.56 Å². The van der Waals surface area contributed by atoms with E-state index in [4.69, 9.17) is 16.7 Å². The topological polar surface area (TPSA) is 37.3 Å². The minimum atomic E-state index is -0.955. The zero-order valence-corrected chi connectivity index (χ0v) is 10.1. The van der Waals surface area contributed by atoms with Gasteiger partial charge in [-0.25, -0.2) is 4.79 Å². The molecule has 0 fully saturated rings. The average Bonchev–Trinajstić information content (AvgIpc) is 2.64. The molecule has 1 N–H and O–H groups in total. The fourth-order valence-electron chi connectivity index (χ4n) is 1.59. The Balaban J connectivity index is 2.65. The van der Waals surface area contributed by atoms with E-state index in [1.165, 1.54) is 6.07 Å². The number of rotatable bonds is 2. The number of aromatic carboxylic acids is 1. The third kappa shape index (κ3) is 1.96. The standard InChI is InChI=1S/C12H9ClO2S/c1-7-9(4-5-16-7)10-3-2-8(13)6-11(10)12(14)15/h2-6H,1H3,(H,14,15). The SMILES string of the molecule is Cc1sccc1-c1ccc(Cl)cc1C(=O)O. The molecule has 0 saturated heterocycles. The maximum atomic E-state index is 11.1. The van der Waals surface area contributed by atoms with Crippen LogP contribution in [0.1, 0.15) is 15.2 Å². The summed E-state index contributed by atoms with van der Waals surface area (Å²) in [7, 11) is 0. The largest absolute Gasteiger partial charge is 0.478 e. The van der Waals surface area contributed by atoms with Crippen molar-refractivity contribution in [3.8, 4) is 11.1 Å². The molecule has 0 aliphatic carbocycles. The third-order valence-electron chi connectivity index (χ3n) is 2.36. The molecule has 1 heterocycles. The Morgan fingerprint density at radius 1 is 1.31 bits per heavy atom. The molecule has 16 heavy (non-hydrogen) atoms. The van der Waals surface area contributed by atoms with Crippen LogP contribution in [0.3, 0.4) is 0 Å². The molecule has 0 bridgehead atoms. The molecule has 0 unspecified atom stereocenters. The predicted molar refractivity (Wildman–Crippen MR) is 66.5 cm³/mol. The van der Waals surface area contributed by atoms with Crippen LogP contribution in [-0.4, -0.2) is 11.1 Å². The van der Waals surface area contributed by atoms with E-state index in [1.807, 2.05) is 18.4 Å². The number of thiophene rings is 1. The Hall–Kier alpha value is -1.32. The first-order valence-electron chi connectivity index (χ1n) is 4.67. The van der Waals surface area contributed by atoms with Gasteiger partial charge in [0.1, 0.15) is 0 Å². The molecule has 4 heteroatoms. The molecular weight excluding hydrogens is 244 g/mol. The Morgan fingerprint density at radius 2 is 2.06 bits per heavy atom. The van der Waals surface area contributed by atoms with Crippen molar-refractivity contribution >= 4 is 28.9 Å². The van der Waals surface area contributed by atoms with Crippen molar-refractivity contribution in [3.63, 3.8) is 0 Å². The van der Waals surface area contributed by atoms with Gasteiger partial charge in [0.15, 0.2) is 0 Å². The molecule has 0 saturated carbocycles. The summed E-state index contributed by atoms with van der Waals surface area (Å²) in [4.78, 5) is 12.2. The molecule has 1 aromatic heterocycles. The normalized spacial score (nSPS) is 10.4. The summed E-state index contributed by atoms with van der Waals surface area (Å²) in [6, 6.07) is 6.87. The van der Waals surface area contributed by atoms with Crippen molar-refractivity contribution in [2.45, 2.75) is 6.92 Å². The van der Waals surface area contributed by atoms with E-state index >= 15 is 0 Å². The van der Waals surface area contributed by atoms with Crippen molar-refractivity contribution < 1.29 is 9.90 Å². The number of benzene rings is 1. The lowest BCUT2D eigenvalue weighted by Crippen LogP contribution is -1.99. The molecule has 0 radical (unpaired) electrons. The van der Waals surface area contributed by atoms with Crippen molar-refractivity contribution in [2.24, 2.45) is 0 Å². The number of halogens is 1. The molecular formula is C12H9ClO2S. The van der Waals surface area contributed by atoms with Crippen molar-refractivity contribution in [2.75, 3.05) is 0 Å². The monoisotopic (exact) mass is 252 g/mol. The van der Waals surface area contributed by atoms with Gasteiger partial charge in [-0.3, -0.25) is 0 Å². The highest BCUT2D eigenvalue weighted by Gasteiger charge is 2.14. The molecule has 0 atom stereocenters. The number of carbonyl (C=O) groups is 1. The highest BCUT2D eigenvalue weighted by Crippen LogP contribution is 2.31. The van der Waals surface area contributed by atoms with Crippen LogP contribution in [-0.2, 0) is 0 Å². The van der Waals surface area contributed by atoms with Crippen LogP contribution in [0.15, 0.2) is 29.6 Å². The number of aryl methyl sites for hydroxylation is 1. The molecule has 1 aromatic carbocycles. The Labute approximate surface area is 102 Å². The molecule has 0 aliphatic rings. The van der Waals surface area contributed by atoms with Crippen molar-refractivity contribution in [3.05, 3.63) is 45.1 Å². The lowest BCUT2D eigenvalue weighted by molar-refractivity contribution is 0.0698. The highest BCUT2D eigenvalue weighted by atomic mass is 35.5. The van der Waals surface area contributed by atoms with Crippen LogP contribution < -0.4 is 0 Å². The van der Waals surface area contributed by atoms with E-state index in [0.717, 1.165) is 16.0 Å². The van der Waals surface area contributed by atoms with Crippen LogP contribution in [0.5, 0.6) is 0 Å². The molecule has 0 amide bonds. The second kappa shape index (κ2) is 4.28. The van der Waals surface area contributed by atoms with Gasteiger partial charge in [0, 0.05) is 9.90 Å². The molecule has 0 aliphatic heterocycles. The first-order valence-corrected chi connectivity index (χ1v) is 5.92.